The number of piperazine rings is 1. The second kappa shape index (κ2) is 8.97. The van der Waals surface area contributed by atoms with E-state index in [0.29, 0.717) is 31.2 Å². The predicted molar refractivity (Wildman–Crippen MR) is 125 cm³/mol. The van der Waals surface area contributed by atoms with Gasteiger partial charge >= 0.3 is 6.03 Å². The van der Waals surface area contributed by atoms with Crippen LogP contribution in [0.25, 0.3) is 0 Å². The van der Waals surface area contributed by atoms with Gasteiger partial charge in [-0.25, -0.2) is 14.8 Å². The summed E-state index contributed by atoms with van der Waals surface area (Å²) in [6, 6.07) is 8.29. The molecule has 2 aromatic rings. The highest BCUT2D eigenvalue weighted by Crippen LogP contribution is 2.32. The van der Waals surface area contributed by atoms with Crippen LogP contribution in [-0.2, 0) is 24.4 Å². The van der Waals surface area contributed by atoms with E-state index in [-0.39, 0.29) is 11.9 Å². The number of amides is 3. The number of anilines is 1. The number of hydrogen-bond donors (Lipinski definition) is 1. The quantitative estimate of drug-likeness (QED) is 0.626. The lowest BCUT2D eigenvalue weighted by atomic mass is 10.1. The topological polar surface area (TPSA) is 72.0 Å². The maximum absolute atomic E-state index is 12.2. The van der Waals surface area contributed by atoms with Gasteiger partial charge in [0.05, 0.1) is 10.2 Å². The van der Waals surface area contributed by atoms with Gasteiger partial charge in [-0.05, 0) is 38.7 Å². The Morgan fingerprint density at radius 3 is 2.59 bits per heavy atom. The molecule has 1 aromatic carbocycles. The Labute approximate surface area is 200 Å². The zero-order chi connectivity index (χ0) is 22.2. The van der Waals surface area contributed by atoms with E-state index in [1.807, 2.05) is 11.1 Å². The van der Waals surface area contributed by atoms with Crippen LogP contribution in [0.15, 0.2) is 34.9 Å². The van der Waals surface area contributed by atoms with Gasteiger partial charge in [0, 0.05) is 65.0 Å². The molecule has 0 aliphatic carbocycles. The van der Waals surface area contributed by atoms with Gasteiger partial charge in [0.25, 0.3) is 0 Å². The first kappa shape index (κ1) is 21.6. The lowest BCUT2D eigenvalue weighted by molar-refractivity contribution is -0.124. The summed E-state index contributed by atoms with van der Waals surface area (Å²) in [4.78, 5) is 32.5. The molecule has 2 fully saturated rings. The van der Waals surface area contributed by atoms with Gasteiger partial charge in [0.15, 0.2) is 0 Å². The Morgan fingerprint density at radius 2 is 1.81 bits per heavy atom. The van der Waals surface area contributed by atoms with E-state index < -0.39 is 0 Å². The van der Waals surface area contributed by atoms with Crippen molar-refractivity contribution in [1.29, 1.82) is 0 Å². The molecule has 3 amide bonds. The fraction of sp³-hybridized carbons (Fsp3) is 0.409. The number of halogens is 2. The first-order valence-electron chi connectivity index (χ1n) is 10.7. The van der Waals surface area contributed by atoms with Crippen molar-refractivity contribution < 1.29 is 9.59 Å². The number of carbonyl (C=O) groups is 2. The number of rotatable bonds is 4. The lowest BCUT2D eigenvalue weighted by Gasteiger charge is -2.36. The van der Waals surface area contributed by atoms with Gasteiger partial charge in [-0.15, -0.1) is 0 Å². The molecule has 0 spiro atoms. The van der Waals surface area contributed by atoms with Gasteiger partial charge in [-0.1, -0.05) is 29.8 Å². The van der Waals surface area contributed by atoms with Crippen LogP contribution in [0.5, 0.6) is 0 Å². The molecule has 5 rings (SSSR count). The minimum absolute atomic E-state index is 0.204. The lowest BCUT2D eigenvalue weighted by Crippen LogP contribution is -2.55. The summed E-state index contributed by atoms with van der Waals surface area (Å²) in [5.41, 5.74) is 4.86. The summed E-state index contributed by atoms with van der Waals surface area (Å²) in [5.74, 6) is -0.204. The summed E-state index contributed by atoms with van der Waals surface area (Å²) in [5, 5.41) is 6.57. The Balaban J connectivity index is 1.19. The number of aromatic nitrogens is 1. The molecular formula is C22H24BrClN6O2. The smallest absolute Gasteiger partial charge is 0.338 e. The molecule has 2 saturated heterocycles. The van der Waals surface area contributed by atoms with Crippen molar-refractivity contribution in [3.05, 3.63) is 56.8 Å². The third-order valence-corrected chi connectivity index (χ3v) is 7.59. The number of nitrogens with one attached hydrogen (secondary N) is 1. The predicted octanol–water partition coefficient (Wildman–Crippen LogP) is 2.99. The fourth-order valence-electron chi connectivity index (χ4n) is 4.58. The van der Waals surface area contributed by atoms with Crippen LogP contribution in [0.3, 0.4) is 0 Å². The summed E-state index contributed by atoms with van der Waals surface area (Å²) >= 11 is 9.71. The highest BCUT2D eigenvalue weighted by Gasteiger charge is 2.32. The van der Waals surface area contributed by atoms with Crippen LogP contribution in [0.4, 0.5) is 10.5 Å². The molecule has 3 aliphatic rings. The molecule has 1 aromatic heterocycles. The first-order valence-corrected chi connectivity index (χ1v) is 11.9. The number of nitrogens with zero attached hydrogens (tertiary/aromatic N) is 5. The second-order valence-electron chi connectivity index (χ2n) is 8.35. The Bertz CT molecular complexity index is 1060. The highest BCUT2D eigenvalue weighted by molar-refractivity contribution is 9.10. The van der Waals surface area contributed by atoms with E-state index >= 15 is 0 Å². The third-order valence-electron chi connectivity index (χ3n) is 6.29. The highest BCUT2D eigenvalue weighted by atomic mass is 79.9. The number of benzene rings is 1. The fourth-order valence-corrected chi connectivity index (χ4v) is 5.22. The maximum atomic E-state index is 12.2. The van der Waals surface area contributed by atoms with E-state index in [9.17, 15) is 9.59 Å². The Hall–Kier alpha value is -2.20. The molecule has 168 valence electrons. The van der Waals surface area contributed by atoms with E-state index in [1.165, 1.54) is 16.7 Å². The maximum Gasteiger partial charge on any atom is 0.338 e. The zero-order valence-electron chi connectivity index (χ0n) is 17.6. The summed E-state index contributed by atoms with van der Waals surface area (Å²) < 4.78 is 0.852. The molecule has 0 radical (unpaired) electrons. The summed E-state index contributed by atoms with van der Waals surface area (Å²) in [7, 11) is 0. The Morgan fingerprint density at radius 1 is 1.03 bits per heavy atom. The van der Waals surface area contributed by atoms with Crippen LogP contribution < -0.4 is 10.2 Å². The van der Waals surface area contributed by atoms with Crippen LogP contribution in [0.1, 0.15) is 23.1 Å². The van der Waals surface area contributed by atoms with Gasteiger partial charge in [-0.3, -0.25) is 20.0 Å². The van der Waals surface area contributed by atoms with Crippen molar-refractivity contribution in [3.8, 4) is 0 Å². The van der Waals surface area contributed by atoms with Gasteiger partial charge in [-0.2, -0.15) is 0 Å². The summed E-state index contributed by atoms with van der Waals surface area (Å²) in [6.45, 7) is 6.53. The van der Waals surface area contributed by atoms with Gasteiger partial charge < -0.3 is 4.90 Å². The van der Waals surface area contributed by atoms with Crippen LogP contribution >= 0.6 is 27.5 Å². The molecule has 0 atom stereocenters. The molecule has 4 heterocycles. The average molecular weight is 520 g/mol. The molecule has 0 unspecified atom stereocenters. The van der Waals surface area contributed by atoms with Crippen LogP contribution in [0, 0.1) is 0 Å². The van der Waals surface area contributed by atoms with Crippen LogP contribution in [-0.4, -0.2) is 64.6 Å². The third kappa shape index (κ3) is 4.34. The molecule has 8 nitrogen and oxygen atoms in total. The number of urea groups is 1. The second-order valence-corrected chi connectivity index (χ2v) is 9.50. The summed E-state index contributed by atoms with van der Waals surface area (Å²) in [6.07, 6.45) is 2.09. The van der Waals surface area contributed by atoms with E-state index in [2.05, 4.69) is 54.2 Å². The van der Waals surface area contributed by atoms with Crippen molar-refractivity contribution in [2.75, 3.05) is 37.6 Å². The molecule has 0 saturated carbocycles. The molecule has 1 N–H and O–H groups in total. The SMILES string of the molecule is O=C1CCN(N2Cc3ccc(CN4CCN(c5ccnc(Cl)c5Br)CC4)cc3C2)C(=O)N1. The van der Waals surface area contributed by atoms with E-state index in [1.54, 1.807) is 11.2 Å². The van der Waals surface area contributed by atoms with Crippen molar-refractivity contribution in [1.82, 2.24) is 25.2 Å². The van der Waals surface area contributed by atoms with Crippen molar-refractivity contribution in [3.63, 3.8) is 0 Å². The largest absolute Gasteiger partial charge is 0.368 e. The minimum atomic E-state index is -0.325. The van der Waals surface area contributed by atoms with Crippen molar-refractivity contribution >= 4 is 45.2 Å². The number of imide groups is 1. The monoisotopic (exact) mass is 518 g/mol. The minimum Gasteiger partial charge on any atom is -0.368 e. The van der Waals surface area contributed by atoms with Crippen molar-refractivity contribution in [2.45, 2.75) is 26.1 Å². The number of hydrazine groups is 1. The molecular weight excluding hydrogens is 496 g/mol. The number of hydrogen-bond acceptors (Lipinski definition) is 6. The van der Waals surface area contributed by atoms with E-state index in [0.717, 1.165) is 42.9 Å². The van der Waals surface area contributed by atoms with Gasteiger partial charge in [0.1, 0.15) is 5.15 Å². The van der Waals surface area contributed by atoms with E-state index in [4.69, 9.17) is 11.6 Å². The number of carbonyl (C=O) groups excluding carboxylic acids is 2. The zero-order valence-corrected chi connectivity index (χ0v) is 19.9. The van der Waals surface area contributed by atoms with Crippen molar-refractivity contribution in [2.24, 2.45) is 0 Å². The Kier molecular flexibility index (Phi) is 6.07. The van der Waals surface area contributed by atoms with Gasteiger partial charge in [0.2, 0.25) is 5.91 Å². The normalized spacial score (nSPS) is 19.9. The van der Waals surface area contributed by atoms with Crippen LogP contribution in [0.2, 0.25) is 5.15 Å². The molecule has 32 heavy (non-hydrogen) atoms. The number of pyridine rings is 1. The standard InChI is InChI=1S/C22H24BrClN6O2/c23-20-18(3-5-25-21(20)24)28-9-7-27(8-10-28)12-15-1-2-16-13-29(14-17(16)11-15)30-6-4-19(31)26-22(30)32/h1-3,5,11H,4,6-10,12-14H2,(H,26,31,32). The molecule has 3 aliphatic heterocycles. The first-order chi connectivity index (χ1) is 15.5. The molecule has 0 bridgehead atoms. The molecule has 10 heteroatoms. The number of fused-ring (bicyclic) bond motifs is 1. The average Bonchev–Trinajstić information content (AvgIpc) is 3.19.